The second-order valence-corrected chi connectivity index (χ2v) is 32.7. The standard InChI is InChI=1S/C78H152O17P2/c1-9-71(8)57-49-41-33-28-29-35-43-51-59-76(81)89-65-74(95-78(83)61-53-45-37-27-21-24-32-40-48-56-70(6)7)67-93-97(86,87)91-63-72(79)62-90-96(84,85)92-66-73(64-88-75(80)58-50-42-34-25-20-16-18-23-31-39-47-55-69(4)5)94-77(82)60-52-44-36-26-19-15-13-11-10-12-14-17-22-30-38-46-54-68(2)3/h68-74,79H,9-67H2,1-8H3,(H,84,85)(H,86,87)/t71?,72-,73-,74-/m1/s1. The molecule has 6 atom stereocenters. The molecule has 3 unspecified atom stereocenters. The number of hydrogen-bond donors (Lipinski definition) is 3. The molecule has 19 heteroatoms. The van der Waals surface area contributed by atoms with E-state index in [4.69, 9.17) is 37.0 Å². The largest absolute Gasteiger partial charge is 0.472 e. The molecule has 0 aliphatic rings. The van der Waals surface area contributed by atoms with Crippen LogP contribution in [0.3, 0.4) is 0 Å². The summed E-state index contributed by atoms with van der Waals surface area (Å²) in [6, 6.07) is 0. The number of aliphatic hydroxyl groups is 1. The third kappa shape index (κ3) is 70.9. The summed E-state index contributed by atoms with van der Waals surface area (Å²) in [5, 5.41) is 10.6. The molecular formula is C78H152O17P2. The third-order valence-corrected chi connectivity index (χ3v) is 20.3. The fourth-order valence-corrected chi connectivity index (χ4v) is 13.5. The maximum absolute atomic E-state index is 13.1. The van der Waals surface area contributed by atoms with Crippen molar-refractivity contribution in [3.63, 3.8) is 0 Å². The Morgan fingerprint density at radius 3 is 0.732 bits per heavy atom. The van der Waals surface area contributed by atoms with Crippen molar-refractivity contribution in [2.75, 3.05) is 39.6 Å². The van der Waals surface area contributed by atoms with Gasteiger partial charge in [0.05, 0.1) is 26.4 Å². The molecule has 0 rings (SSSR count). The lowest BCUT2D eigenvalue weighted by Gasteiger charge is -2.21. The number of ether oxygens (including phenoxy) is 4. The first kappa shape index (κ1) is 95.1. The first-order valence-electron chi connectivity index (χ1n) is 40.2. The Hall–Kier alpha value is -1.94. The molecule has 0 fully saturated rings. The van der Waals surface area contributed by atoms with Crippen molar-refractivity contribution in [2.45, 2.75) is 414 Å². The summed E-state index contributed by atoms with van der Waals surface area (Å²) >= 11 is 0. The van der Waals surface area contributed by atoms with Gasteiger partial charge in [-0.05, 0) is 49.4 Å². The summed E-state index contributed by atoms with van der Waals surface area (Å²) in [4.78, 5) is 72.9. The molecule has 97 heavy (non-hydrogen) atoms. The van der Waals surface area contributed by atoms with Crippen molar-refractivity contribution >= 4 is 39.5 Å². The molecule has 576 valence electrons. The van der Waals surface area contributed by atoms with Gasteiger partial charge in [0.15, 0.2) is 12.2 Å². The van der Waals surface area contributed by atoms with Crippen LogP contribution in [0, 0.1) is 23.7 Å². The predicted octanol–water partition coefficient (Wildman–Crippen LogP) is 22.8. The third-order valence-electron chi connectivity index (χ3n) is 18.4. The van der Waals surface area contributed by atoms with Gasteiger partial charge in [-0.15, -0.1) is 0 Å². The Balaban J connectivity index is 5.25. The first-order chi connectivity index (χ1) is 46.6. The summed E-state index contributed by atoms with van der Waals surface area (Å²) < 4.78 is 68.6. The second kappa shape index (κ2) is 67.2. The van der Waals surface area contributed by atoms with E-state index in [9.17, 15) is 43.2 Å². The van der Waals surface area contributed by atoms with Gasteiger partial charge in [-0.25, -0.2) is 9.13 Å². The lowest BCUT2D eigenvalue weighted by molar-refractivity contribution is -0.161. The molecule has 0 spiro atoms. The quantitative estimate of drug-likeness (QED) is 0.0222. The van der Waals surface area contributed by atoms with Gasteiger partial charge in [-0.3, -0.25) is 37.3 Å². The van der Waals surface area contributed by atoms with E-state index < -0.39 is 97.5 Å². The molecule has 0 aromatic rings. The number of aliphatic hydroxyl groups excluding tert-OH is 1. The van der Waals surface area contributed by atoms with Crippen LogP contribution in [-0.2, 0) is 65.4 Å². The highest BCUT2D eigenvalue weighted by atomic mass is 31.2. The van der Waals surface area contributed by atoms with Crippen LogP contribution in [0.25, 0.3) is 0 Å². The van der Waals surface area contributed by atoms with E-state index >= 15 is 0 Å². The zero-order valence-electron chi connectivity index (χ0n) is 63.7. The minimum atomic E-state index is -4.96. The molecule has 0 saturated carbocycles. The predicted molar refractivity (Wildman–Crippen MR) is 395 cm³/mol. The Morgan fingerprint density at radius 1 is 0.289 bits per heavy atom. The van der Waals surface area contributed by atoms with E-state index in [0.29, 0.717) is 25.7 Å². The second-order valence-electron chi connectivity index (χ2n) is 29.8. The van der Waals surface area contributed by atoms with E-state index in [-0.39, 0.29) is 25.7 Å². The average Bonchev–Trinajstić information content (AvgIpc) is 1.25. The topological polar surface area (TPSA) is 237 Å². The van der Waals surface area contributed by atoms with Crippen LogP contribution < -0.4 is 0 Å². The van der Waals surface area contributed by atoms with E-state index in [1.54, 1.807) is 0 Å². The Bertz CT molecular complexity index is 1900. The fourth-order valence-electron chi connectivity index (χ4n) is 11.9. The Morgan fingerprint density at radius 2 is 0.495 bits per heavy atom. The normalized spacial score (nSPS) is 14.4. The summed E-state index contributed by atoms with van der Waals surface area (Å²) in [5.74, 6) is 0.976. The monoisotopic (exact) mass is 1420 g/mol. The lowest BCUT2D eigenvalue weighted by Crippen LogP contribution is -2.30. The number of phosphoric acid groups is 2. The molecule has 0 aromatic heterocycles. The number of hydrogen-bond acceptors (Lipinski definition) is 15. The maximum atomic E-state index is 13.1. The van der Waals surface area contributed by atoms with Gasteiger partial charge in [-0.2, -0.15) is 0 Å². The molecule has 0 aliphatic heterocycles. The van der Waals surface area contributed by atoms with Crippen LogP contribution >= 0.6 is 15.6 Å². The van der Waals surface area contributed by atoms with Gasteiger partial charge < -0.3 is 33.8 Å². The number of carbonyl (C=O) groups is 4. The van der Waals surface area contributed by atoms with Gasteiger partial charge in [0.1, 0.15) is 19.3 Å². The molecule has 0 aromatic carbocycles. The van der Waals surface area contributed by atoms with Gasteiger partial charge in [0, 0.05) is 25.7 Å². The van der Waals surface area contributed by atoms with Gasteiger partial charge in [0.25, 0.3) is 0 Å². The van der Waals surface area contributed by atoms with Crippen LogP contribution in [0.1, 0.15) is 396 Å². The summed E-state index contributed by atoms with van der Waals surface area (Å²) in [5.41, 5.74) is 0. The summed E-state index contributed by atoms with van der Waals surface area (Å²) in [6.07, 6.45) is 52.7. The molecule has 17 nitrogen and oxygen atoms in total. The van der Waals surface area contributed by atoms with Crippen LogP contribution in [0.5, 0.6) is 0 Å². The van der Waals surface area contributed by atoms with Crippen LogP contribution in [0.2, 0.25) is 0 Å². The number of esters is 4. The zero-order chi connectivity index (χ0) is 71.7. The van der Waals surface area contributed by atoms with Crippen molar-refractivity contribution < 1.29 is 80.2 Å². The molecular weight excluding hydrogens is 1270 g/mol. The Labute approximate surface area is 594 Å². The average molecular weight is 1420 g/mol. The van der Waals surface area contributed by atoms with Gasteiger partial charge in [0.2, 0.25) is 0 Å². The number of carbonyl (C=O) groups excluding carboxylic acids is 4. The van der Waals surface area contributed by atoms with E-state index in [1.165, 1.54) is 199 Å². The summed E-state index contributed by atoms with van der Waals surface area (Å²) in [7, 11) is -9.92. The van der Waals surface area contributed by atoms with Crippen LogP contribution in [-0.4, -0.2) is 96.7 Å². The van der Waals surface area contributed by atoms with Crippen molar-refractivity contribution in [1.82, 2.24) is 0 Å². The van der Waals surface area contributed by atoms with Crippen molar-refractivity contribution in [3.8, 4) is 0 Å². The summed E-state index contributed by atoms with van der Waals surface area (Å²) in [6.45, 7) is 14.2. The first-order valence-corrected chi connectivity index (χ1v) is 43.2. The highest BCUT2D eigenvalue weighted by Crippen LogP contribution is 2.45. The SMILES string of the molecule is CCC(C)CCCCCCCCCCC(=O)OC[C@H](COP(=O)(O)OC[C@H](O)COP(=O)(O)OC[C@@H](COC(=O)CCCCCCCCCCCCCC(C)C)OC(=O)CCCCCCCCCCCCCCCCCCC(C)C)OC(=O)CCCCCCCCCCCC(C)C. The van der Waals surface area contributed by atoms with Crippen LogP contribution in [0.15, 0.2) is 0 Å². The molecule has 0 heterocycles. The maximum Gasteiger partial charge on any atom is 0.472 e. The highest BCUT2D eigenvalue weighted by Gasteiger charge is 2.30. The van der Waals surface area contributed by atoms with Crippen molar-refractivity contribution in [2.24, 2.45) is 23.7 Å². The molecule has 0 radical (unpaired) electrons. The molecule has 0 saturated heterocycles. The van der Waals surface area contributed by atoms with E-state index in [0.717, 1.165) is 114 Å². The number of unbranched alkanes of at least 4 members (excludes halogenated alkanes) is 40. The van der Waals surface area contributed by atoms with Crippen molar-refractivity contribution in [3.05, 3.63) is 0 Å². The molecule has 3 N–H and O–H groups in total. The minimum Gasteiger partial charge on any atom is -0.462 e. The lowest BCUT2D eigenvalue weighted by atomic mass is 9.99. The Kier molecular flexibility index (Phi) is 65.9. The number of phosphoric ester groups is 2. The molecule has 0 aliphatic carbocycles. The highest BCUT2D eigenvalue weighted by molar-refractivity contribution is 7.47. The molecule has 0 bridgehead atoms. The smallest absolute Gasteiger partial charge is 0.462 e. The zero-order valence-corrected chi connectivity index (χ0v) is 65.5. The van der Waals surface area contributed by atoms with Crippen LogP contribution in [0.4, 0.5) is 0 Å². The number of rotatable bonds is 75. The minimum absolute atomic E-state index is 0.105. The van der Waals surface area contributed by atoms with Gasteiger partial charge >= 0.3 is 39.5 Å². The van der Waals surface area contributed by atoms with Crippen molar-refractivity contribution in [1.29, 1.82) is 0 Å². The van der Waals surface area contributed by atoms with E-state index in [2.05, 4.69) is 55.4 Å². The molecule has 0 amide bonds. The van der Waals surface area contributed by atoms with Gasteiger partial charge in [-0.1, -0.05) is 344 Å². The van der Waals surface area contributed by atoms with E-state index in [1.807, 2.05) is 0 Å². The fraction of sp³-hybridized carbons (Fsp3) is 0.949.